The van der Waals surface area contributed by atoms with E-state index in [1.54, 1.807) is 0 Å². The third-order valence-electron chi connectivity index (χ3n) is 7.15. The average Bonchev–Trinajstić information content (AvgIpc) is 3.53. The molecule has 0 atom stereocenters. The lowest BCUT2D eigenvalue weighted by atomic mass is 9.96. The monoisotopic (exact) mass is 482 g/mol. The molecule has 1 fully saturated rings. The van der Waals surface area contributed by atoms with Gasteiger partial charge in [-0.05, 0) is 55.2 Å². The number of carbonyl (C=O) groups is 1. The number of amides is 1. The van der Waals surface area contributed by atoms with Gasteiger partial charge in [-0.3, -0.25) is 4.79 Å². The van der Waals surface area contributed by atoms with Gasteiger partial charge in [0, 0.05) is 25.6 Å². The van der Waals surface area contributed by atoms with Crippen molar-refractivity contribution in [3.05, 3.63) is 83.4 Å². The smallest absolute Gasteiger partial charge is 0.231 e. The van der Waals surface area contributed by atoms with Crippen LogP contribution in [0.3, 0.4) is 0 Å². The van der Waals surface area contributed by atoms with Gasteiger partial charge in [0.2, 0.25) is 18.6 Å². The van der Waals surface area contributed by atoms with E-state index in [-0.39, 0.29) is 18.6 Å². The molecular formula is C29H30N4O3. The molecule has 0 bridgehead atoms. The van der Waals surface area contributed by atoms with Gasteiger partial charge in [-0.1, -0.05) is 48.0 Å². The number of carbonyl (C=O) groups excluding carboxylic acids is 1. The van der Waals surface area contributed by atoms with Crippen LogP contribution >= 0.6 is 0 Å². The summed E-state index contributed by atoms with van der Waals surface area (Å²) in [6.07, 6.45) is 1.61. The fraction of sp³-hybridized carbons (Fsp3) is 0.310. The normalized spacial score (nSPS) is 15.4. The molecule has 3 aromatic carbocycles. The number of imidazole rings is 1. The number of para-hydroxylation sites is 2. The van der Waals surface area contributed by atoms with Gasteiger partial charge >= 0.3 is 0 Å². The molecule has 0 radical (unpaired) electrons. The largest absolute Gasteiger partial charge is 0.454 e. The maximum Gasteiger partial charge on any atom is 0.231 e. The zero-order chi connectivity index (χ0) is 24.5. The van der Waals surface area contributed by atoms with Gasteiger partial charge in [0.05, 0.1) is 17.6 Å². The van der Waals surface area contributed by atoms with Crippen molar-refractivity contribution in [3.8, 4) is 11.5 Å². The topological polar surface area (TPSA) is 68.6 Å². The molecule has 1 saturated heterocycles. The lowest BCUT2D eigenvalue weighted by Crippen LogP contribution is -2.41. The molecule has 1 aromatic heterocycles. The zero-order valence-corrected chi connectivity index (χ0v) is 20.4. The Morgan fingerprint density at radius 3 is 2.56 bits per heavy atom. The fourth-order valence-electron chi connectivity index (χ4n) is 5.06. The lowest BCUT2D eigenvalue weighted by molar-refractivity contribution is -0.125. The van der Waals surface area contributed by atoms with Crippen LogP contribution in [-0.4, -0.2) is 35.3 Å². The first-order valence-electron chi connectivity index (χ1n) is 12.6. The number of nitrogens with one attached hydrogen (secondary N) is 1. The second kappa shape index (κ2) is 9.57. The summed E-state index contributed by atoms with van der Waals surface area (Å²) in [6, 6.07) is 22.8. The van der Waals surface area contributed by atoms with E-state index in [4.69, 9.17) is 14.5 Å². The summed E-state index contributed by atoms with van der Waals surface area (Å²) in [5, 5.41) is 3.11. The molecule has 7 heteroatoms. The third kappa shape index (κ3) is 4.49. The Morgan fingerprint density at radius 2 is 1.72 bits per heavy atom. The predicted octanol–water partition coefficient (Wildman–Crippen LogP) is 4.65. The fourth-order valence-corrected chi connectivity index (χ4v) is 5.06. The summed E-state index contributed by atoms with van der Waals surface area (Å²) >= 11 is 0. The molecule has 6 rings (SSSR count). The first-order chi connectivity index (χ1) is 17.6. The Balaban J connectivity index is 1.12. The van der Waals surface area contributed by atoms with E-state index in [2.05, 4.69) is 64.2 Å². The molecule has 0 aliphatic carbocycles. The van der Waals surface area contributed by atoms with E-state index < -0.39 is 0 Å². The maximum atomic E-state index is 12.9. The number of fused-ring (bicyclic) bond motifs is 2. The van der Waals surface area contributed by atoms with E-state index in [0.717, 1.165) is 66.5 Å². The average molecular weight is 483 g/mol. The molecule has 0 saturated carbocycles. The molecule has 3 heterocycles. The highest BCUT2D eigenvalue weighted by Gasteiger charge is 2.28. The number of benzene rings is 3. The molecule has 4 aromatic rings. The van der Waals surface area contributed by atoms with Crippen molar-refractivity contribution in [3.63, 3.8) is 0 Å². The first kappa shape index (κ1) is 22.5. The Labute approximate surface area is 210 Å². The van der Waals surface area contributed by atoms with Crippen molar-refractivity contribution in [2.24, 2.45) is 5.92 Å². The number of hydrogen-bond acceptors (Lipinski definition) is 5. The van der Waals surface area contributed by atoms with E-state index in [1.807, 2.05) is 24.3 Å². The van der Waals surface area contributed by atoms with Gasteiger partial charge < -0.3 is 24.3 Å². The minimum absolute atomic E-state index is 0.00480. The van der Waals surface area contributed by atoms with Crippen molar-refractivity contribution < 1.29 is 14.3 Å². The lowest BCUT2D eigenvalue weighted by Gasteiger charge is -2.32. The van der Waals surface area contributed by atoms with Crippen molar-refractivity contribution >= 4 is 22.9 Å². The molecular weight excluding hydrogens is 452 g/mol. The molecule has 2 aliphatic rings. The van der Waals surface area contributed by atoms with E-state index in [1.165, 1.54) is 11.1 Å². The highest BCUT2D eigenvalue weighted by atomic mass is 16.7. The number of hydrogen-bond donors (Lipinski definition) is 1. The minimum atomic E-state index is 0.00480. The first-order valence-corrected chi connectivity index (χ1v) is 12.6. The van der Waals surface area contributed by atoms with Crippen LogP contribution in [-0.2, 0) is 17.9 Å². The van der Waals surface area contributed by atoms with E-state index >= 15 is 0 Å². The van der Waals surface area contributed by atoms with Crippen LogP contribution < -0.4 is 19.7 Å². The molecule has 2 aliphatic heterocycles. The summed E-state index contributed by atoms with van der Waals surface area (Å²) in [4.78, 5) is 20.2. The van der Waals surface area contributed by atoms with Crippen molar-refractivity contribution in [2.75, 3.05) is 24.8 Å². The van der Waals surface area contributed by atoms with Crippen LogP contribution in [0.25, 0.3) is 11.0 Å². The standard InChI is InChI=1S/C29H30N4O3/c1-20-6-8-21(9-7-20)18-33-25-5-3-2-4-24(25)31-29(33)32-14-12-23(13-15-32)28(34)30-17-22-10-11-26-27(16-22)36-19-35-26/h2-11,16,23H,12-15,17-19H2,1H3,(H,30,34). The Morgan fingerprint density at radius 1 is 0.972 bits per heavy atom. The van der Waals surface area contributed by atoms with Gasteiger partial charge in [0.1, 0.15) is 0 Å². The third-order valence-corrected chi connectivity index (χ3v) is 7.15. The Hall–Kier alpha value is -4.00. The Kier molecular flexibility index (Phi) is 5.97. The van der Waals surface area contributed by atoms with E-state index in [9.17, 15) is 4.79 Å². The molecule has 0 unspecified atom stereocenters. The van der Waals surface area contributed by atoms with Crippen LogP contribution in [0.15, 0.2) is 66.7 Å². The summed E-state index contributed by atoms with van der Waals surface area (Å²) in [5.74, 6) is 2.59. The number of anilines is 1. The van der Waals surface area contributed by atoms with Crippen molar-refractivity contribution in [1.29, 1.82) is 0 Å². The molecule has 7 nitrogen and oxygen atoms in total. The maximum absolute atomic E-state index is 12.9. The van der Waals surface area contributed by atoms with Gasteiger partial charge in [-0.2, -0.15) is 0 Å². The number of aryl methyl sites for hydroxylation is 1. The van der Waals surface area contributed by atoms with Gasteiger partial charge in [0.15, 0.2) is 11.5 Å². The van der Waals surface area contributed by atoms with Crippen LogP contribution in [0, 0.1) is 12.8 Å². The number of ether oxygens (including phenoxy) is 2. The Bertz CT molecular complexity index is 1390. The van der Waals surface area contributed by atoms with E-state index in [0.29, 0.717) is 6.54 Å². The highest BCUT2D eigenvalue weighted by Crippen LogP contribution is 2.32. The number of nitrogens with zero attached hydrogens (tertiary/aromatic N) is 3. The van der Waals surface area contributed by atoms with Crippen LogP contribution in [0.4, 0.5) is 5.95 Å². The van der Waals surface area contributed by atoms with Crippen LogP contribution in [0.2, 0.25) is 0 Å². The second-order valence-electron chi connectivity index (χ2n) is 9.64. The molecule has 1 N–H and O–H groups in total. The molecule has 0 spiro atoms. The SMILES string of the molecule is Cc1ccc(Cn2c(N3CCC(C(=O)NCc4ccc5c(c4)OCO5)CC3)nc3ccccc32)cc1. The number of rotatable bonds is 6. The molecule has 184 valence electrons. The molecule has 1 amide bonds. The van der Waals surface area contributed by atoms with Gasteiger partial charge in [-0.15, -0.1) is 0 Å². The molecule has 36 heavy (non-hydrogen) atoms. The van der Waals surface area contributed by atoms with Crippen molar-refractivity contribution in [1.82, 2.24) is 14.9 Å². The van der Waals surface area contributed by atoms with Gasteiger partial charge in [-0.25, -0.2) is 4.98 Å². The summed E-state index contributed by atoms with van der Waals surface area (Å²) in [6.45, 7) is 5.23. The van der Waals surface area contributed by atoms with Gasteiger partial charge in [0.25, 0.3) is 0 Å². The predicted molar refractivity (Wildman–Crippen MR) is 139 cm³/mol. The summed E-state index contributed by atoms with van der Waals surface area (Å²) in [7, 11) is 0. The van der Waals surface area contributed by atoms with Crippen molar-refractivity contribution in [2.45, 2.75) is 32.9 Å². The summed E-state index contributed by atoms with van der Waals surface area (Å²) < 4.78 is 13.1. The number of aromatic nitrogens is 2. The van der Waals surface area contributed by atoms with Crippen LogP contribution in [0.1, 0.15) is 29.5 Å². The summed E-state index contributed by atoms with van der Waals surface area (Å²) in [5.41, 5.74) is 5.66. The quantitative estimate of drug-likeness (QED) is 0.433. The highest BCUT2D eigenvalue weighted by molar-refractivity contribution is 5.80. The second-order valence-corrected chi connectivity index (χ2v) is 9.64. The van der Waals surface area contributed by atoms with Crippen LogP contribution in [0.5, 0.6) is 11.5 Å². The minimum Gasteiger partial charge on any atom is -0.454 e. The number of piperidine rings is 1. The zero-order valence-electron chi connectivity index (χ0n) is 20.4.